The van der Waals surface area contributed by atoms with Crippen LogP contribution in [0.4, 0.5) is 32.8 Å². The van der Waals surface area contributed by atoms with Gasteiger partial charge < -0.3 is 22.8 Å². The molecule has 2 saturated carbocycles. The molecule has 0 amide bonds. The molecule has 0 saturated heterocycles. The summed E-state index contributed by atoms with van der Waals surface area (Å²) in [6, 6.07) is 40.4. The number of rotatable bonds is 32. The Balaban J connectivity index is 0.000000146. The first-order valence-electron chi connectivity index (χ1n) is 43.9. The summed E-state index contributed by atoms with van der Waals surface area (Å²) in [6.45, 7) is 13.7. The Hall–Kier alpha value is -13.3. The molecule has 15 aromatic rings. The summed E-state index contributed by atoms with van der Waals surface area (Å²) in [6.07, 6.45) is 33.1. The molecule has 2 aliphatic rings. The molecular formula is C94H99Cl4FN20O15S5. The lowest BCUT2D eigenvalue weighted by molar-refractivity contribution is 0.598. The van der Waals surface area contributed by atoms with E-state index in [4.69, 9.17) is 46.4 Å². The fraction of sp³-hybridized carbons (Fsp3) is 0.255. The first kappa shape index (κ1) is 103. The summed E-state index contributed by atoms with van der Waals surface area (Å²) in [4.78, 5) is 59.0. The topological polar surface area (TPSA) is 430 Å². The van der Waals surface area contributed by atoms with E-state index in [2.05, 4.69) is 49.1 Å². The number of anilines is 5. The minimum absolute atomic E-state index is 0.0146. The van der Waals surface area contributed by atoms with E-state index < -0.39 is 55.9 Å². The normalized spacial score (nSPS) is 12.6. The Morgan fingerprint density at radius 1 is 0.324 bits per heavy atom. The lowest BCUT2D eigenvalue weighted by Gasteiger charge is -2.10. The zero-order valence-electron chi connectivity index (χ0n) is 76.4. The van der Waals surface area contributed by atoms with Crippen molar-refractivity contribution in [2.45, 2.75) is 130 Å². The molecule has 0 radical (unpaired) electrons. The molecule has 35 nitrogen and oxygen atoms in total. The van der Waals surface area contributed by atoms with E-state index in [1.807, 2.05) is 46.3 Å². The third kappa shape index (κ3) is 27.2. The summed E-state index contributed by atoms with van der Waals surface area (Å²) in [7, 11) is -15.3. The molecule has 5 N–H and O–H groups in total. The van der Waals surface area contributed by atoms with E-state index in [1.54, 1.807) is 229 Å². The smallest absolute Gasteiger partial charge is 0.250 e. The maximum Gasteiger partial charge on any atom is 0.250 e. The zero-order valence-corrected chi connectivity index (χ0v) is 83.5. The van der Waals surface area contributed by atoms with Crippen LogP contribution in [0.3, 0.4) is 0 Å². The molecule has 0 spiro atoms. The Morgan fingerprint density at radius 3 is 0.964 bits per heavy atom. The molecule has 45 heteroatoms. The number of hydrogen-bond acceptors (Lipinski definition) is 20. The number of hydrogen-bond donors (Lipinski definition) is 5. The largest absolute Gasteiger partial charge is 0.316 e. The predicted molar refractivity (Wildman–Crippen MR) is 544 cm³/mol. The lowest BCUT2D eigenvalue weighted by atomic mass is 10.1. The summed E-state index contributed by atoms with van der Waals surface area (Å²) in [5, 5.41) is 22.4. The highest BCUT2D eigenvalue weighted by Gasteiger charge is 2.37. The van der Waals surface area contributed by atoms with Gasteiger partial charge in [0, 0.05) is 181 Å². The molecule has 17 rings (SSSR count). The van der Waals surface area contributed by atoms with Crippen LogP contribution in [0.15, 0.2) is 269 Å². The van der Waals surface area contributed by atoms with Crippen molar-refractivity contribution in [2.24, 2.45) is 7.05 Å². The standard InChI is InChI=1S/C20H21ClN4O3S.2C19H21ClN4O3S.C18H19ClN4O3S.C18H17FN4O3S/c1-2-9-24-13-16(4-8-20(24)26)25-12-15(11-22-25)14-3-7-19(18(21)10-14)23-29(27,28)17-5-6-17;1-3-9-23-13-16(6-8-19(23)25)24-12-14(11-21-24)17-7-5-15(10-18(17)20)22-28(26,27)4-2;1-3-9-23-13-16(6-8-19(23)25)24-12-15(11-21-24)14-5-7-18(17(20)10-14)22-28(26,27)4-2;1-3-8-22-12-15(5-7-18(22)24)23-11-13(10-20-23)16-6-4-14(9-17(16)19)21-27(2,25)26;1-22-11-14(3-7-18(22)24)23-10-12(9-20-23)16-6-2-13(8-17(16)19)21-27(25,26)15-4-5-15/h3-4,7-8,10-13,17,23H,2,5-6,9H2,1H3;2*5-8,10-13,22H,3-4,9H2,1-2H3;4-7,9-12,21H,3,8H2,1-2H3;2-3,6-11,15,21H,4-5H2,1H3. The second kappa shape index (κ2) is 44.7. The summed E-state index contributed by atoms with van der Waals surface area (Å²) >= 11 is 25.2. The van der Waals surface area contributed by atoms with Crippen molar-refractivity contribution < 1.29 is 46.5 Å². The predicted octanol–water partition coefficient (Wildman–Crippen LogP) is 16.1. The van der Waals surface area contributed by atoms with Gasteiger partial charge in [-0.25, -0.2) is 69.9 Å². The van der Waals surface area contributed by atoms with Crippen LogP contribution in [0.25, 0.3) is 84.1 Å². The molecule has 10 aromatic heterocycles. The second-order valence-electron chi connectivity index (χ2n) is 32.4. The van der Waals surface area contributed by atoms with Gasteiger partial charge in [0.05, 0.1) is 125 Å². The van der Waals surface area contributed by atoms with E-state index >= 15 is 0 Å². The summed E-state index contributed by atoms with van der Waals surface area (Å²) in [5.74, 6) is -0.594. The first-order valence-corrected chi connectivity index (χ1v) is 53.7. The molecule has 0 atom stereocenters. The maximum absolute atomic E-state index is 14.5. The molecule has 139 heavy (non-hydrogen) atoms. The van der Waals surface area contributed by atoms with Crippen LogP contribution in [0.2, 0.25) is 20.1 Å². The molecule has 0 aliphatic heterocycles. The Bertz CT molecular complexity index is 7990. The first-order chi connectivity index (χ1) is 66.1. The van der Waals surface area contributed by atoms with Gasteiger partial charge in [0.2, 0.25) is 55.7 Å². The summed E-state index contributed by atoms with van der Waals surface area (Å²) in [5.41, 5.74) is 12.3. The highest BCUT2D eigenvalue weighted by atomic mass is 35.5. The second-order valence-corrected chi connectivity index (χ2v) is 43.8. The van der Waals surface area contributed by atoms with Crippen molar-refractivity contribution >= 4 is 125 Å². The van der Waals surface area contributed by atoms with Crippen molar-refractivity contribution in [3.8, 4) is 84.1 Å². The van der Waals surface area contributed by atoms with E-state index in [1.165, 1.54) is 64.0 Å². The Labute approximate surface area is 821 Å². The van der Waals surface area contributed by atoms with Crippen LogP contribution in [0.5, 0.6) is 0 Å². The molecule has 0 bridgehead atoms. The Morgan fingerprint density at radius 2 is 0.633 bits per heavy atom. The van der Waals surface area contributed by atoms with E-state index in [-0.39, 0.29) is 55.5 Å². The van der Waals surface area contributed by atoms with E-state index in [0.717, 1.165) is 99.2 Å². The van der Waals surface area contributed by atoms with Crippen LogP contribution in [-0.4, -0.2) is 142 Å². The number of sulfonamides is 5. The van der Waals surface area contributed by atoms with Crippen molar-refractivity contribution in [1.82, 2.24) is 71.7 Å². The van der Waals surface area contributed by atoms with Crippen LogP contribution in [-0.2, 0) is 83.3 Å². The number of halogens is 5. The number of nitrogens with one attached hydrogen (secondary N) is 5. The maximum atomic E-state index is 14.5. The van der Waals surface area contributed by atoms with Crippen molar-refractivity contribution in [3.63, 3.8) is 0 Å². The van der Waals surface area contributed by atoms with Gasteiger partial charge in [0.25, 0.3) is 22.2 Å². The molecular weight excluding hydrogens is 1970 g/mol. The van der Waals surface area contributed by atoms with Crippen LogP contribution >= 0.6 is 46.4 Å². The molecule has 730 valence electrons. The third-order valence-corrected chi connectivity index (χ3v) is 29.7. The van der Waals surface area contributed by atoms with Gasteiger partial charge in [-0.1, -0.05) is 98.4 Å². The van der Waals surface area contributed by atoms with Crippen molar-refractivity contribution in [3.05, 3.63) is 322 Å². The van der Waals surface area contributed by atoms with Gasteiger partial charge in [-0.15, -0.1) is 0 Å². The van der Waals surface area contributed by atoms with Crippen molar-refractivity contribution in [1.29, 1.82) is 0 Å². The van der Waals surface area contributed by atoms with Gasteiger partial charge >= 0.3 is 0 Å². The number of aryl methyl sites for hydroxylation is 5. The van der Waals surface area contributed by atoms with Gasteiger partial charge in [-0.3, -0.25) is 47.6 Å². The van der Waals surface area contributed by atoms with E-state index in [9.17, 15) is 70.5 Å². The fourth-order valence-corrected chi connectivity index (χ4v) is 19.7. The number of pyridine rings is 5. The number of nitrogens with zero attached hydrogens (tertiary/aromatic N) is 15. The average Bonchev–Trinajstić information content (AvgIpc) is 1.67. The van der Waals surface area contributed by atoms with E-state index in [0.29, 0.717) is 112 Å². The van der Waals surface area contributed by atoms with Gasteiger partial charge in [-0.2, -0.15) is 25.5 Å². The highest BCUT2D eigenvalue weighted by molar-refractivity contribution is 7.94. The molecule has 2 aliphatic carbocycles. The number of benzene rings is 5. The van der Waals surface area contributed by atoms with Gasteiger partial charge in [0.1, 0.15) is 5.82 Å². The minimum Gasteiger partial charge on any atom is -0.316 e. The van der Waals surface area contributed by atoms with Crippen LogP contribution in [0, 0.1) is 5.82 Å². The minimum atomic E-state index is -3.43. The average molecular weight is 2070 g/mol. The SMILES string of the molecule is CCCn1cc(-n2cc(-c3ccc(NS(=O)(=O)C4CC4)c(Cl)c3)cn2)ccc1=O.CCCn1cc(-n2cc(-c3ccc(NS(=O)(=O)CC)c(Cl)c3)cn2)ccc1=O.CCCn1cc(-n2cc(-c3ccc(NS(=O)(=O)CC)cc3Cl)cn2)ccc1=O.CCCn1cc(-n2cc(-c3ccc(NS(C)(=O)=O)cc3Cl)cn2)ccc1=O.Cn1cc(-n2cc(-c3ccc(NS(=O)(=O)C4CC4)cc3F)cn2)ccc1=O. The molecule has 0 unspecified atom stereocenters. The monoisotopic (exact) mass is 2070 g/mol. The zero-order chi connectivity index (χ0) is 100. The van der Waals surface area contributed by atoms with Crippen LogP contribution < -0.4 is 51.4 Å². The van der Waals surface area contributed by atoms with Crippen molar-refractivity contribution in [2.75, 3.05) is 41.4 Å². The molecule has 10 heterocycles. The van der Waals surface area contributed by atoms with Gasteiger partial charge in [0.15, 0.2) is 0 Å². The van der Waals surface area contributed by atoms with Crippen LogP contribution in [0.1, 0.15) is 92.9 Å². The lowest BCUT2D eigenvalue weighted by Crippen LogP contribution is -2.19. The quantitative estimate of drug-likeness (QED) is 0.0261. The molecule has 2 fully saturated rings. The molecule has 5 aromatic carbocycles. The fourth-order valence-electron chi connectivity index (χ4n) is 14.0. The number of aromatic nitrogens is 15. The Kier molecular flexibility index (Phi) is 33.2. The highest BCUT2D eigenvalue weighted by Crippen LogP contribution is 2.38. The van der Waals surface area contributed by atoms with Gasteiger partial charge in [-0.05, 0) is 173 Å². The third-order valence-electron chi connectivity index (χ3n) is 21.5. The summed E-state index contributed by atoms with van der Waals surface area (Å²) < 4.78 is 161.